The zero-order valence-corrected chi connectivity index (χ0v) is 18.0. The standard InChI is InChI=1S/C24H24N2O4S/c1-31-14-13-21(26-23(28)18-8-3-2-4-9-18)24(29)30-16-22(27)25-20-12-11-17-7-5-6-10-19(17)15-20/h2-12,15,21H,13-14,16H2,1H3,(H,25,27)(H,26,28)/t21-/m0/s1. The average molecular weight is 437 g/mol. The zero-order chi connectivity index (χ0) is 22.1. The van der Waals surface area contributed by atoms with Crippen molar-refractivity contribution in [2.45, 2.75) is 12.5 Å². The fourth-order valence-electron chi connectivity index (χ4n) is 3.02. The lowest BCUT2D eigenvalue weighted by Gasteiger charge is -2.17. The molecule has 3 aromatic carbocycles. The molecule has 160 valence electrons. The van der Waals surface area contributed by atoms with Crippen molar-refractivity contribution < 1.29 is 19.1 Å². The second kappa shape index (κ2) is 11.2. The molecule has 31 heavy (non-hydrogen) atoms. The minimum Gasteiger partial charge on any atom is -0.454 e. The predicted octanol–water partition coefficient (Wildman–Crippen LogP) is 3.87. The van der Waals surface area contributed by atoms with Crippen LogP contribution in [-0.4, -0.2) is 42.4 Å². The summed E-state index contributed by atoms with van der Waals surface area (Å²) in [6, 6.07) is 21.2. The van der Waals surface area contributed by atoms with Crippen molar-refractivity contribution >= 4 is 46.0 Å². The predicted molar refractivity (Wildman–Crippen MR) is 124 cm³/mol. The van der Waals surface area contributed by atoms with Gasteiger partial charge in [0.25, 0.3) is 11.8 Å². The van der Waals surface area contributed by atoms with E-state index in [-0.39, 0.29) is 5.91 Å². The van der Waals surface area contributed by atoms with Crippen LogP contribution in [0.15, 0.2) is 72.8 Å². The topological polar surface area (TPSA) is 84.5 Å². The van der Waals surface area contributed by atoms with E-state index in [0.717, 1.165) is 10.8 Å². The van der Waals surface area contributed by atoms with Crippen LogP contribution in [0.3, 0.4) is 0 Å². The molecule has 2 N–H and O–H groups in total. The molecule has 0 heterocycles. The first-order valence-electron chi connectivity index (χ1n) is 9.87. The van der Waals surface area contributed by atoms with E-state index in [0.29, 0.717) is 23.4 Å². The summed E-state index contributed by atoms with van der Waals surface area (Å²) < 4.78 is 5.18. The van der Waals surface area contributed by atoms with Crippen LogP contribution < -0.4 is 10.6 Å². The average Bonchev–Trinajstić information content (AvgIpc) is 2.80. The summed E-state index contributed by atoms with van der Waals surface area (Å²) in [7, 11) is 0. The summed E-state index contributed by atoms with van der Waals surface area (Å²) in [6.45, 7) is -0.428. The number of thioether (sulfide) groups is 1. The van der Waals surface area contributed by atoms with Gasteiger partial charge in [-0.25, -0.2) is 4.79 Å². The van der Waals surface area contributed by atoms with Crippen LogP contribution in [0.2, 0.25) is 0 Å². The van der Waals surface area contributed by atoms with Gasteiger partial charge in [-0.3, -0.25) is 9.59 Å². The molecule has 3 aromatic rings. The number of hydrogen-bond acceptors (Lipinski definition) is 5. The second-order valence-electron chi connectivity index (χ2n) is 6.89. The highest BCUT2D eigenvalue weighted by Gasteiger charge is 2.23. The molecule has 7 heteroatoms. The Morgan fingerprint density at radius 1 is 0.935 bits per heavy atom. The van der Waals surface area contributed by atoms with Crippen molar-refractivity contribution in [3.05, 3.63) is 78.4 Å². The quantitative estimate of drug-likeness (QED) is 0.498. The fraction of sp³-hybridized carbons (Fsp3) is 0.208. The molecule has 0 aliphatic rings. The van der Waals surface area contributed by atoms with E-state index in [4.69, 9.17) is 4.74 Å². The van der Waals surface area contributed by atoms with E-state index in [9.17, 15) is 14.4 Å². The van der Waals surface area contributed by atoms with Gasteiger partial charge in [0.2, 0.25) is 0 Å². The molecular weight excluding hydrogens is 412 g/mol. The zero-order valence-electron chi connectivity index (χ0n) is 17.2. The Hall–Kier alpha value is -3.32. The molecule has 0 unspecified atom stereocenters. The lowest BCUT2D eigenvalue weighted by atomic mass is 10.1. The van der Waals surface area contributed by atoms with Crippen molar-refractivity contribution in [2.24, 2.45) is 0 Å². The summed E-state index contributed by atoms with van der Waals surface area (Å²) >= 11 is 1.56. The number of nitrogens with one attached hydrogen (secondary N) is 2. The number of esters is 1. The third kappa shape index (κ3) is 6.58. The van der Waals surface area contributed by atoms with Gasteiger partial charge in [-0.2, -0.15) is 11.8 Å². The molecule has 0 saturated carbocycles. The van der Waals surface area contributed by atoms with Crippen LogP contribution in [0.1, 0.15) is 16.8 Å². The molecule has 0 aliphatic heterocycles. The third-order valence-corrected chi connectivity index (χ3v) is 5.26. The van der Waals surface area contributed by atoms with Crippen LogP contribution in [0.4, 0.5) is 5.69 Å². The van der Waals surface area contributed by atoms with E-state index >= 15 is 0 Å². The van der Waals surface area contributed by atoms with E-state index in [2.05, 4.69) is 10.6 Å². The summed E-state index contributed by atoms with van der Waals surface area (Å²) in [4.78, 5) is 37.2. The molecule has 0 saturated heterocycles. The van der Waals surface area contributed by atoms with Gasteiger partial charge in [-0.1, -0.05) is 48.5 Å². The number of fused-ring (bicyclic) bond motifs is 1. The highest BCUT2D eigenvalue weighted by molar-refractivity contribution is 7.98. The SMILES string of the molecule is CSCC[C@H](NC(=O)c1ccccc1)C(=O)OCC(=O)Nc1ccc2ccccc2c1. The maximum absolute atomic E-state index is 12.5. The first-order chi connectivity index (χ1) is 15.1. The van der Waals surface area contributed by atoms with E-state index in [1.54, 1.807) is 42.1 Å². The molecule has 2 amide bonds. The number of rotatable bonds is 9. The molecule has 0 aliphatic carbocycles. The lowest BCUT2D eigenvalue weighted by molar-refractivity contribution is -0.149. The Morgan fingerprint density at radius 3 is 2.39 bits per heavy atom. The maximum atomic E-state index is 12.5. The number of ether oxygens (including phenoxy) is 1. The first-order valence-corrected chi connectivity index (χ1v) is 11.3. The lowest BCUT2D eigenvalue weighted by Crippen LogP contribution is -2.43. The van der Waals surface area contributed by atoms with Crippen molar-refractivity contribution in [2.75, 3.05) is 23.9 Å². The smallest absolute Gasteiger partial charge is 0.329 e. The van der Waals surface area contributed by atoms with Gasteiger partial charge in [-0.15, -0.1) is 0 Å². The Labute approximate surface area is 185 Å². The normalized spacial score (nSPS) is 11.5. The fourth-order valence-corrected chi connectivity index (χ4v) is 3.49. The number of hydrogen-bond donors (Lipinski definition) is 2. The van der Waals surface area contributed by atoms with Gasteiger partial charge in [0.15, 0.2) is 6.61 Å². The van der Waals surface area contributed by atoms with Gasteiger partial charge >= 0.3 is 5.97 Å². The molecule has 3 rings (SSSR count). The van der Waals surface area contributed by atoms with Gasteiger partial charge in [0.1, 0.15) is 6.04 Å². The Bertz CT molecular complexity index is 1060. The van der Waals surface area contributed by atoms with Gasteiger partial charge < -0.3 is 15.4 Å². The monoisotopic (exact) mass is 436 g/mol. The largest absolute Gasteiger partial charge is 0.454 e. The second-order valence-corrected chi connectivity index (χ2v) is 7.88. The van der Waals surface area contributed by atoms with Crippen LogP contribution >= 0.6 is 11.8 Å². The summed E-state index contributed by atoms with van der Waals surface area (Å²) in [5, 5.41) is 7.50. The third-order valence-electron chi connectivity index (χ3n) is 4.62. The van der Waals surface area contributed by atoms with E-state index in [1.165, 1.54) is 0 Å². The number of amides is 2. The van der Waals surface area contributed by atoms with Crippen molar-refractivity contribution in [1.29, 1.82) is 0 Å². The van der Waals surface area contributed by atoms with Crippen LogP contribution in [0.25, 0.3) is 10.8 Å². The Morgan fingerprint density at radius 2 is 1.65 bits per heavy atom. The van der Waals surface area contributed by atoms with Crippen LogP contribution in [0, 0.1) is 0 Å². The Balaban J connectivity index is 1.56. The summed E-state index contributed by atoms with van der Waals surface area (Å²) in [5.41, 5.74) is 1.08. The number of benzene rings is 3. The Kier molecular flexibility index (Phi) is 8.06. The molecule has 1 atom stereocenters. The number of anilines is 1. The van der Waals surface area contributed by atoms with E-state index in [1.807, 2.05) is 48.7 Å². The molecule has 0 fully saturated rings. The molecule has 0 bridgehead atoms. The molecule has 0 radical (unpaired) electrons. The minimum absolute atomic E-state index is 0.357. The van der Waals surface area contributed by atoms with Gasteiger partial charge in [0.05, 0.1) is 0 Å². The van der Waals surface area contributed by atoms with E-state index < -0.39 is 24.5 Å². The molecule has 6 nitrogen and oxygen atoms in total. The van der Waals surface area contributed by atoms with Crippen LogP contribution in [-0.2, 0) is 14.3 Å². The van der Waals surface area contributed by atoms with Crippen LogP contribution in [0.5, 0.6) is 0 Å². The van der Waals surface area contributed by atoms with Crippen molar-refractivity contribution in [3.63, 3.8) is 0 Å². The summed E-state index contributed by atoms with van der Waals surface area (Å²) in [5.74, 6) is -0.768. The first kappa shape index (κ1) is 22.4. The molecule has 0 spiro atoms. The van der Waals surface area contributed by atoms with Crippen molar-refractivity contribution in [3.8, 4) is 0 Å². The molecule has 0 aromatic heterocycles. The highest BCUT2D eigenvalue weighted by Crippen LogP contribution is 2.18. The maximum Gasteiger partial charge on any atom is 0.329 e. The number of carbonyl (C=O) groups is 3. The summed E-state index contributed by atoms with van der Waals surface area (Å²) in [6.07, 6.45) is 2.32. The minimum atomic E-state index is -0.825. The van der Waals surface area contributed by atoms with Crippen molar-refractivity contribution in [1.82, 2.24) is 5.32 Å². The van der Waals surface area contributed by atoms with Gasteiger partial charge in [0, 0.05) is 11.3 Å². The van der Waals surface area contributed by atoms with Gasteiger partial charge in [-0.05, 0) is 53.5 Å². The highest BCUT2D eigenvalue weighted by atomic mass is 32.2. The molecular formula is C24H24N2O4S. The number of carbonyl (C=O) groups excluding carboxylic acids is 3.